The van der Waals surface area contributed by atoms with E-state index in [-0.39, 0.29) is 5.91 Å². The first-order valence-electron chi connectivity index (χ1n) is 11.3. The number of ether oxygens (including phenoxy) is 1. The van der Waals surface area contributed by atoms with Crippen molar-refractivity contribution in [3.8, 4) is 11.5 Å². The second-order valence-electron chi connectivity index (χ2n) is 7.90. The standard InChI is InChI=1S/C29H24N2O2S/c1-2-22-14-11-19-26-27(22)30-29(34-26)31(20-21-12-5-3-6-13-21)28(32)24-17-9-10-18-25(24)33-23-15-7-4-8-16-23/h3-19H,2,20H2,1H3. The number of anilines is 1. The van der Waals surface area contributed by atoms with Crippen molar-refractivity contribution in [3.63, 3.8) is 0 Å². The van der Waals surface area contributed by atoms with Crippen LogP contribution < -0.4 is 9.64 Å². The van der Waals surface area contributed by atoms with Gasteiger partial charge in [-0.25, -0.2) is 4.98 Å². The van der Waals surface area contributed by atoms with E-state index in [1.807, 2.05) is 84.9 Å². The molecule has 1 aromatic heterocycles. The fraction of sp³-hybridized carbons (Fsp3) is 0.103. The number of fused-ring (bicyclic) bond motifs is 1. The number of carbonyl (C=O) groups is 1. The van der Waals surface area contributed by atoms with E-state index >= 15 is 0 Å². The fourth-order valence-corrected chi connectivity index (χ4v) is 4.89. The molecule has 1 amide bonds. The number of benzene rings is 4. The Bertz CT molecular complexity index is 1410. The molecule has 0 unspecified atom stereocenters. The molecule has 168 valence electrons. The summed E-state index contributed by atoms with van der Waals surface area (Å²) < 4.78 is 7.18. The molecule has 4 nitrogen and oxygen atoms in total. The molecule has 34 heavy (non-hydrogen) atoms. The van der Waals surface area contributed by atoms with Crippen molar-refractivity contribution in [2.24, 2.45) is 0 Å². The lowest BCUT2D eigenvalue weighted by atomic mass is 10.1. The first kappa shape index (κ1) is 21.9. The van der Waals surface area contributed by atoms with Crippen molar-refractivity contribution in [3.05, 3.63) is 120 Å². The van der Waals surface area contributed by atoms with Gasteiger partial charge in [0, 0.05) is 0 Å². The van der Waals surface area contributed by atoms with Gasteiger partial charge in [0.05, 0.1) is 22.3 Å². The lowest BCUT2D eigenvalue weighted by Gasteiger charge is -2.21. The highest BCUT2D eigenvalue weighted by Gasteiger charge is 2.25. The van der Waals surface area contributed by atoms with Crippen LogP contribution in [0.3, 0.4) is 0 Å². The number of hydrogen-bond donors (Lipinski definition) is 0. The van der Waals surface area contributed by atoms with Gasteiger partial charge in [-0.2, -0.15) is 0 Å². The van der Waals surface area contributed by atoms with Gasteiger partial charge < -0.3 is 4.74 Å². The first-order chi connectivity index (χ1) is 16.7. The molecule has 0 saturated carbocycles. The summed E-state index contributed by atoms with van der Waals surface area (Å²) in [5.41, 5.74) is 3.68. The van der Waals surface area contributed by atoms with E-state index < -0.39 is 0 Å². The predicted molar refractivity (Wildman–Crippen MR) is 139 cm³/mol. The number of aromatic nitrogens is 1. The van der Waals surface area contributed by atoms with Crippen LogP contribution in [-0.2, 0) is 13.0 Å². The van der Waals surface area contributed by atoms with Crippen LogP contribution in [0.5, 0.6) is 11.5 Å². The van der Waals surface area contributed by atoms with Crippen LogP contribution in [0.2, 0.25) is 0 Å². The maximum Gasteiger partial charge on any atom is 0.264 e. The molecule has 0 aliphatic carbocycles. The Labute approximate surface area is 203 Å². The molecule has 0 aliphatic rings. The Morgan fingerprint density at radius 2 is 1.56 bits per heavy atom. The van der Waals surface area contributed by atoms with Crippen molar-refractivity contribution in [2.45, 2.75) is 19.9 Å². The number of rotatable bonds is 7. The molecular weight excluding hydrogens is 440 g/mol. The third-order valence-electron chi connectivity index (χ3n) is 5.62. The van der Waals surface area contributed by atoms with Gasteiger partial charge in [0.25, 0.3) is 5.91 Å². The Morgan fingerprint density at radius 3 is 2.32 bits per heavy atom. The number of carbonyl (C=O) groups excluding carboxylic acids is 1. The Morgan fingerprint density at radius 1 is 0.853 bits per heavy atom. The summed E-state index contributed by atoms with van der Waals surface area (Å²) >= 11 is 1.54. The minimum atomic E-state index is -0.146. The van der Waals surface area contributed by atoms with Crippen molar-refractivity contribution in [1.82, 2.24) is 4.98 Å². The highest BCUT2D eigenvalue weighted by atomic mass is 32.1. The smallest absolute Gasteiger partial charge is 0.264 e. The van der Waals surface area contributed by atoms with Gasteiger partial charge in [-0.3, -0.25) is 9.69 Å². The molecule has 0 N–H and O–H groups in total. The maximum absolute atomic E-state index is 14.0. The molecular formula is C29H24N2O2S. The molecule has 0 spiro atoms. The number of nitrogens with zero attached hydrogens (tertiary/aromatic N) is 2. The fourth-order valence-electron chi connectivity index (χ4n) is 3.88. The molecule has 1 heterocycles. The third-order valence-corrected chi connectivity index (χ3v) is 6.66. The summed E-state index contributed by atoms with van der Waals surface area (Å²) in [6.45, 7) is 2.54. The number of amides is 1. The summed E-state index contributed by atoms with van der Waals surface area (Å²) in [5, 5.41) is 0.680. The first-order valence-corrected chi connectivity index (χ1v) is 12.1. The number of aryl methyl sites for hydroxylation is 1. The van der Waals surface area contributed by atoms with E-state index in [2.05, 4.69) is 25.1 Å². The summed E-state index contributed by atoms with van der Waals surface area (Å²) in [6.07, 6.45) is 0.890. The summed E-state index contributed by atoms with van der Waals surface area (Å²) in [4.78, 5) is 20.7. The van der Waals surface area contributed by atoms with Crippen molar-refractivity contribution >= 4 is 32.6 Å². The average Bonchev–Trinajstić information content (AvgIpc) is 3.33. The minimum Gasteiger partial charge on any atom is -0.457 e. The van der Waals surface area contributed by atoms with Crippen LogP contribution in [0.1, 0.15) is 28.4 Å². The Balaban J connectivity index is 1.57. The molecule has 0 fully saturated rings. The largest absolute Gasteiger partial charge is 0.457 e. The number of para-hydroxylation sites is 3. The van der Waals surface area contributed by atoms with Gasteiger partial charge in [0.1, 0.15) is 11.5 Å². The van der Waals surface area contributed by atoms with Crippen molar-refractivity contribution < 1.29 is 9.53 Å². The van der Waals surface area contributed by atoms with Gasteiger partial charge in [0.15, 0.2) is 5.13 Å². The highest BCUT2D eigenvalue weighted by molar-refractivity contribution is 7.22. The third kappa shape index (κ3) is 4.56. The second-order valence-corrected chi connectivity index (χ2v) is 8.91. The molecule has 0 saturated heterocycles. The quantitative estimate of drug-likeness (QED) is 0.250. The van der Waals surface area contributed by atoms with E-state index in [9.17, 15) is 4.79 Å². The van der Waals surface area contributed by atoms with Crippen molar-refractivity contribution in [2.75, 3.05) is 4.90 Å². The SMILES string of the molecule is CCc1cccc2sc(N(Cc3ccccc3)C(=O)c3ccccc3Oc3ccccc3)nc12. The van der Waals surface area contributed by atoms with E-state index in [0.717, 1.165) is 22.2 Å². The minimum absolute atomic E-state index is 0.146. The molecule has 0 radical (unpaired) electrons. The zero-order valence-corrected chi connectivity index (χ0v) is 19.7. The highest BCUT2D eigenvalue weighted by Crippen LogP contribution is 2.34. The summed E-state index contributed by atoms with van der Waals surface area (Å²) in [6, 6.07) is 33.1. The zero-order chi connectivity index (χ0) is 23.3. The predicted octanol–water partition coefficient (Wildman–Crippen LogP) is 7.50. The normalized spacial score (nSPS) is 10.9. The average molecular weight is 465 g/mol. The Kier molecular flexibility index (Phi) is 6.36. The molecule has 0 aliphatic heterocycles. The van der Waals surface area contributed by atoms with E-state index in [1.54, 1.807) is 16.2 Å². The lowest BCUT2D eigenvalue weighted by Crippen LogP contribution is -2.30. The zero-order valence-electron chi connectivity index (χ0n) is 18.8. The molecule has 5 aromatic rings. The molecule has 5 rings (SSSR count). The van der Waals surface area contributed by atoms with Gasteiger partial charge in [-0.15, -0.1) is 0 Å². The van der Waals surface area contributed by atoms with Gasteiger partial charge in [-0.05, 0) is 47.9 Å². The molecule has 0 atom stereocenters. The van der Waals surface area contributed by atoms with Crippen molar-refractivity contribution in [1.29, 1.82) is 0 Å². The topological polar surface area (TPSA) is 42.4 Å². The van der Waals surface area contributed by atoms with Gasteiger partial charge in [0.2, 0.25) is 0 Å². The van der Waals surface area contributed by atoms with E-state index in [1.165, 1.54) is 5.56 Å². The number of hydrogen-bond acceptors (Lipinski definition) is 4. The van der Waals surface area contributed by atoms with Crippen LogP contribution in [0.4, 0.5) is 5.13 Å². The monoisotopic (exact) mass is 464 g/mol. The Hall–Kier alpha value is -3.96. The van der Waals surface area contributed by atoms with Crippen LogP contribution in [0.15, 0.2) is 103 Å². The number of thiazole rings is 1. The molecule has 5 heteroatoms. The van der Waals surface area contributed by atoms with E-state index in [4.69, 9.17) is 9.72 Å². The molecule has 4 aromatic carbocycles. The molecule has 0 bridgehead atoms. The van der Waals surface area contributed by atoms with E-state index in [0.29, 0.717) is 28.7 Å². The van der Waals surface area contributed by atoms with Gasteiger partial charge in [-0.1, -0.05) is 91.1 Å². The van der Waals surface area contributed by atoms with Crippen LogP contribution in [0.25, 0.3) is 10.2 Å². The second kappa shape index (κ2) is 9.89. The van der Waals surface area contributed by atoms with Crippen LogP contribution >= 0.6 is 11.3 Å². The lowest BCUT2D eigenvalue weighted by molar-refractivity contribution is 0.0983. The summed E-state index contributed by atoms with van der Waals surface area (Å²) in [5.74, 6) is 1.06. The van der Waals surface area contributed by atoms with Crippen LogP contribution in [0, 0.1) is 0 Å². The maximum atomic E-state index is 14.0. The van der Waals surface area contributed by atoms with Crippen LogP contribution in [-0.4, -0.2) is 10.9 Å². The summed E-state index contributed by atoms with van der Waals surface area (Å²) in [7, 11) is 0. The van der Waals surface area contributed by atoms with Gasteiger partial charge >= 0.3 is 0 Å².